The Balaban J connectivity index is 1.26. The van der Waals surface area contributed by atoms with Crippen molar-refractivity contribution in [2.45, 2.75) is 69.8 Å². The molecule has 3 N–H and O–H groups in total. The van der Waals surface area contributed by atoms with Gasteiger partial charge < -0.3 is 20.1 Å². The summed E-state index contributed by atoms with van der Waals surface area (Å²) < 4.78 is 33.6. The lowest BCUT2D eigenvalue weighted by Crippen LogP contribution is -2.82. The standard InChI is InChI=1S/C26H27F2N3O4/c27-17-6-5-15(20(28)12-17)13-29-21-3-1-2-4-23(21)35-18-7-8-19-16(11-18)14-31(26(19)34)22-9-10-24(32)30-25(22)33/h5-8,11-12,21-23,29H,1-4,9-10,13-14H2,(H,30,32,33)/p+1/t21-,22?,23+/m0/s1. The molecule has 0 saturated heterocycles. The van der Waals surface area contributed by atoms with Crippen molar-refractivity contribution in [2.75, 3.05) is 0 Å². The molecule has 3 aliphatic rings. The van der Waals surface area contributed by atoms with Crippen LogP contribution < -0.4 is 15.0 Å². The highest BCUT2D eigenvalue weighted by atomic mass is 19.1. The van der Waals surface area contributed by atoms with E-state index in [1.165, 1.54) is 12.1 Å². The monoisotopic (exact) mass is 484 g/mol. The van der Waals surface area contributed by atoms with Gasteiger partial charge in [-0.25, -0.2) is 13.6 Å². The minimum Gasteiger partial charge on any atom is -0.489 e. The molecule has 0 bridgehead atoms. The van der Waals surface area contributed by atoms with E-state index in [1.807, 2.05) is 6.07 Å². The summed E-state index contributed by atoms with van der Waals surface area (Å²) in [6.07, 6.45) is 4.29. The zero-order valence-electron chi connectivity index (χ0n) is 19.2. The number of rotatable bonds is 6. The number of aliphatic hydroxyl groups excluding tert-OH is 1. The van der Waals surface area contributed by atoms with E-state index < -0.39 is 17.7 Å². The van der Waals surface area contributed by atoms with Crippen LogP contribution in [0.1, 0.15) is 60.0 Å². The molecule has 2 aliphatic heterocycles. The second kappa shape index (κ2) is 9.73. The van der Waals surface area contributed by atoms with Gasteiger partial charge in [-0.3, -0.25) is 4.79 Å². The largest absolute Gasteiger partial charge is 0.489 e. The summed E-state index contributed by atoms with van der Waals surface area (Å²) in [6, 6.07) is 8.43. The van der Waals surface area contributed by atoms with Gasteiger partial charge in [0.1, 0.15) is 23.5 Å². The van der Waals surface area contributed by atoms with Gasteiger partial charge in [0.05, 0.1) is 6.42 Å². The number of hydrogen-bond donors (Lipinski definition) is 3. The third-order valence-electron chi connectivity index (χ3n) is 7.07. The number of ether oxygens (including phenoxy) is 1. The summed E-state index contributed by atoms with van der Waals surface area (Å²) in [5.74, 6) is -1.14. The molecule has 3 atom stereocenters. The molecular weight excluding hydrogens is 456 g/mol. The lowest BCUT2D eigenvalue weighted by Gasteiger charge is -2.33. The number of halogens is 2. The van der Waals surface area contributed by atoms with E-state index in [4.69, 9.17) is 4.74 Å². The maximum Gasteiger partial charge on any atom is 0.388 e. The highest BCUT2D eigenvalue weighted by Gasteiger charge is 2.41. The van der Waals surface area contributed by atoms with Crippen molar-refractivity contribution in [2.24, 2.45) is 0 Å². The van der Waals surface area contributed by atoms with Crippen LogP contribution in [0.15, 0.2) is 36.4 Å². The van der Waals surface area contributed by atoms with Crippen LogP contribution in [0.5, 0.6) is 5.75 Å². The molecule has 184 valence electrons. The third kappa shape index (κ3) is 4.91. The predicted molar refractivity (Wildman–Crippen MR) is 123 cm³/mol. The van der Waals surface area contributed by atoms with Crippen LogP contribution in [0.2, 0.25) is 0 Å². The van der Waals surface area contributed by atoms with Crippen molar-refractivity contribution in [3.63, 3.8) is 0 Å². The Hall–Kier alpha value is -3.33. The van der Waals surface area contributed by atoms with Crippen molar-refractivity contribution in [3.05, 3.63) is 64.7 Å². The van der Waals surface area contributed by atoms with E-state index in [-0.39, 0.29) is 42.8 Å². The smallest absolute Gasteiger partial charge is 0.388 e. The van der Waals surface area contributed by atoms with E-state index in [1.54, 1.807) is 17.0 Å². The Bertz CT molecular complexity index is 1190. The fraction of sp³-hybridized carbons (Fsp3) is 0.423. The molecule has 2 heterocycles. The maximum absolute atomic E-state index is 14.0. The van der Waals surface area contributed by atoms with E-state index in [9.17, 15) is 23.5 Å². The molecule has 2 aromatic carbocycles. The van der Waals surface area contributed by atoms with Crippen molar-refractivity contribution >= 4 is 17.7 Å². The number of carbonyl (C=O) groups is 2. The van der Waals surface area contributed by atoms with Gasteiger partial charge in [0.25, 0.3) is 5.91 Å². The summed E-state index contributed by atoms with van der Waals surface area (Å²) in [4.78, 5) is 28.4. The molecule has 1 fully saturated rings. The Morgan fingerprint density at radius 3 is 2.71 bits per heavy atom. The first-order valence-electron chi connectivity index (χ1n) is 12.0. The lowest BCUT2D eigenvalue weighted by molar-refractivity contribution is -0.394. The molecule has 9 heteroatoms. The highest BCUT2D eigenvalue weighted by molar-refractivity contribution is 6.01. The van der Waals surface area contributed by atoms with Gasteiger partial charge in [0.2, 0.25) is 0 Å². The molecular formula is C26H28F2N3O4+. The second-order valence-corrected chi connectivity index (χ2v) is 9.40. The van der Waals surface area contributed by atoms with Crippen molar-refractivity contribution in [3.8, 4) is 5.75 Å². The minimum absolute atomic E-state index is 0.0111. The first-order valence-corrected chi connectivity index (χ1v) is 12.0. The van der Waals surface area contributed by atoms with Crippen LogP contribution in [0, 0.1) is 11.6 Å². The van der Waals surface area contributed by atoms with Crippen molar-refractivity contribution in [1.82, 2.24) is 10.2 Å². The number of hydrogen-bond acceptors (Lipinski definition) is 4. The first kappa shape index (κ1) is 23.4. The second-order valence-electron chi connectivity index (χ2n) is 9.40. The molecule has 7 nitrogen and oxygen atoms in total. The molecule has 0 radical (unpaired) electrons. The summed E-state index contributed by atoms with van der Waals surface area (Å²) in [5.41, 5.74) is 1.78. The molecule has 5 rings (SSSR count). The van der Waals surface area contributed by atoms with Gasteiger partial charge in [-0.15, -0.1) is 4.99 Å². The van der Waals surface area contributed by atoms with Gasteiger partial charge in [-0.2, -0.15) is 0 Å². The number of amides is 2. The van der Waals surface area contributed by atoms with Crippen LogP contribution in [-0.4, -0.2) is 45.9 Å². The average molecular weight is 485 g/mol. The van der Waals surface area contributed by atoms with Crippen molar-refractivity contribution < 1.29 is 33.2 Å². The number of nitrogens with one attached hydrogen (secondary N) is 2. The predicted octanol–water partition coefficient (Wildman–Crippen LogP) is 2.13. The summed E-state index contributed by atoms with van der Waals surface area (Å²) in [7, 11) is 0. The fourth-order valence-electron chi connectivity index (χ4n) is 5.19. The number of benzene rings is 2. The average Bonchev–Trinajstić information content (AvgIpc) is 3.15. The van der Waals surface area contributed by atoms with Gasteiger partial charge in [-0.1, -0.05) is 12.5 Å². The molecule has 0 aromatic heterocycles. The Kier molecular flexibility index (Phi) is 6.51. The topological polar surface area (TPSA) is 92.8 Å². The van der Waals surface area contributed by atoms with E-state index >= 15 is 0 Å². The van der Waals surface area contributed by atoms with E-state index in [0.717, 1.165) is 37.3 Å². The Labute approximate surface area is 201 Å². The highest BCUT2D eigenvalue weighted by Crippen LogP contribution is 2.31. The van der Waals surface area contributed by atoms with E-state index in [0.29, 0.717) is 29.8 Å². The zero-order chi connectivity index (χ0) is 24.5. The van der Waals surface area contributed by atoms with Gasteiger partial charge in [0, 0.05) is 36.3 Å². The number of carbonyl (C=O) groups excluding carboxylic acids is 2. The lowest BCUT2D eigenvalue weighted by atomic mass is 9.92. The summed E-state index contributed by atoms with van der Waals surface area (Å²) >= 11 is 0. The maximum atomic E-state index is 14.0. The minimum atomic E-state index is -0.597. The van der Waals surface area contributed by atoms with Crippen LogP contribution in [0.3, 0.4) is 0 Å². The quantitative estimate of drug-likeness (QED) is 0.584. The van der Waals surface area contributed by atoms with Crippen LogP contribution in [0.4, 0.5) is 8.78 Å². The molecule has 1 aliphatic carbocycles. The van der Waals surface area contributed by atoms with Crippen LogP contribution >= 0.6 is 0 Å². The summed E-state index contributed by atoms with van der Waals surface area (Å²) in [5, 5.41) is 13.5. The molecule has 1 unspecified atom stereocenters. The Morgan fingerprint density at radius 1 is 1.09 bits per heavy atom. The SMILES string of the molecule is O=C1CCC(N2Cc3cc(O[C@@H]4CCCC[C@@H]4NCc4ccc(F)cc4F)ccc3C2=O)C(O)=[NH+]1. The van der Waals surface area contributed by atoms with Crippen LogP contribution in [0.25, 0.3) is 0 Å². The van der Waals surface area contributed by atoms with Crippen LogP contribution in [-0.2, 0) is 17.9 Å². The van der Waals surface area contributed by atoms with Gasteiger partial charge >= 0.3 is 11.8 Å². The van der Waals surface area contributed by atoms with Gasteiger partial charge in [0.15, 0.2) is 6.04 Å². The van der Waals surface area contributed by atoms with E-state index in [2.05, 4.69) is 10.3 Å². The summed E-state index contributed by atoms with van der Waals surface area (Å²) in [6.45, 7) is 0.606. The first-order chi connectivity index (χ1) is 16.9. The van der Waals surface area contributed by atoms with Crippen molar-refractivity contribution in [1.29, 1.82) is 0 Å². The third-order valence-corrected chi connectivity index (χ3v) is 7.07. The molecule has 1 saturated carbocycles. The number of fused-ring (bicyclic) bond motifs is 1. The molecule has 2 amide bonds. The fourth-order valence-corrected chi connectivity index (χ4v) is 5.19. The number of nitrogens with zero attached hydrogens (tertiary/aromatic N) is 1. The molecule has 35 heavy (non-hydrogen) atoms. The number of aliphatic hydroxyl groups is 1. The van der Waals surface area contributed by atoms with Gasteiger partial charge in [-0.05, 0) is 55.5 Å². The molecule has 0 spiro atoms. The Morgan fingerprint density at radius 2 is 1.91 bits per heavy atom. The normalized spacial score (nSPS) is 24.3. The zero-order valence-corrected chi connectivity index (χ0v) is 19.2. The molecule has 2 aromatic rings.